The number of hydrogen-bond acceptors (Lipinski definition) is 3. The quantitative estimate of drug-likeness (QED) is 0.837. The molecule has 0 saturated carbocycles. The molecule has 0 amide bonds. The van der Waals surface area contributed by atoms with Crippen LogP contribution in [0.5, 0.6) is 0 Å². The molecule has 0 spiro atoms. The Morgan fingerprint density at radius 2 is 2.18 bits per heavy atom. The van der Waals surface area contributed by atoms with E-state index in [4.69, 9.17) is 0 Å². The molecule has 1 saturated heterocycles. The van der Waals surface area contributed by atoms with Crippen LogP contribution in [0.1, 0.15) is 31.7 Å². The lowest BCUT2D eigenvalue weighted by molar-refractivity contribution is 0.164. The molecule has 0 aromatic carbocycles. The topological polar surface area (TPSA) is 15.3 Å². The van der Waals surface area contributed by atoms with Crippen LogP contribution in [0.3, 0.4) is 0 Å². The van der Waals surface area contributed by atoms with Gasteiger partial charge in [0.05, 0.1) is 0 Å². The molecule has 17 heavy (non-hydrogen) atoms. The van der Waals surface area contributed by atoms with Crippen LogP contribution in [0.25, 0.3) is 0 Å². The molecule has 0 aliphatic carbocycles. The van der Waals surface area contributed by atoms with Gasteiger partial charge in [-0.3, -0.25) is 4.90 Å². The Morgan fingerprint density at radius 3 is 2.82 bits per heavy atom. The van der Waals surface area contributed by atoms with Crippen molar-refractivity contribution >= 4 is 11.3 Å². The lowest BCUT2D eigenvalue weighted by Gasteiger charge is -2.34. The summed E-state index contributed by atoms with van der Waals surface area (Å²) < 4.78 is 0. The Morgan fingerprint density at radius 1 is 1.35 bits per heavy atom. The molecule has 0 atom stereocenters. The van der Waals surface area contributed by atoms with Gasteiger partial charge in [0.15, 0.2) is 0 Å². The summed E-state index contributed by atoms with van der Waals surface area (Å²) in [6.07, 6.45) is 5.13. The van der Waals surface area contributed by atoms with Gasteiger partial charge in [-0.1, -0.05) is 6.92 Å². The van der Waals surface area contributed by atoms with Crippen molar-refractivity contribution in [1.29, 1.82) is 0 Å². The Hall–Kier alpha value is -0.380. The summed E-state index contributed by atoms with van der Waals surface area (Å²) in [6, 6.07) is 3.08. The van der Waals surface area contributed by atoms with Gasteiger partial charge >= 0.3 is 0 Å². The van der Waals surface area contributed by atoms with Crippen molar-refractivity contribution in [1.82, 2.24) is 10.2 Å². The Bertz CT molecular complexity index is 291. The minimum Gasteiger partial charge on any atom is -0.317 e. The van der Waals surface area contributed by atoms with Crippen LogP contribution < -0.4 is 5.32 Å². The predicted octanol–water partition coefficient (Wildman–Crippen LogP) is 2.75. The first kappa shape index (κ1) is 13.1. The molecule has 2 nitrogen and oxygen atoms in total. The summed E-state index contributed by atoms with van der Waals surface area (Å²) in [4.78, 5) is 2.71. The summed E-state index contributed by atoms with van der Waals surface area (Å²) in [7, 11) is 0. The highest BCUT2D eigenvalue weighted by Gasteiger charge is 2.19. The molecule has 96 valence electrons. The van der Waals surface area contributed by atoms with E-state index in [1.807, 2.05) is 11.3 Å². The van der Waals surface area contributed by atoms with Gasteiger partial charge < -0.3 is 5.32 Å². The highest BCUT2D eigenvalue weighted by molar-refractivity contribution is 7.07. The van der Waals surface area contributed by atoms with E-state index in [1.54, 1.807) is 0 Å². The SMILES string of the molecule is CCCN(CCc1ccsc1)C1CCNCC1. The highest BCUT2D eigenvalue weighted by Crippen LogP contribution is 2.14. The average Bonchev–Trinajstić information content (AvgIpc) is 2.88. The van der Waals surface area contributed by atoms with Crippen LogP contribution in [0.4, 0.5) is 0 Å². The van der Waals surface area contributed by atoms with E-state index in [2.05, 4.69) is 34.0 Å². The fourth-order valence-corrected chi connectivity index (χ4v) is 3.35. The maximum atomic E-state index is 3.46. The summed E-state index contributed by atoms with van der Waals surface area (Å²) in [5, 5.41) is 7.93. The molecular formula is C14H24N2S. The van der Waals surface area contributed by atoms with Crippen molar-refractivity contribution in [3.05, 3.63) is 22.4 Å². The van der Waals surface area contributed by atoms with E-state index in [9.17, 15) is 0 Å². The highest BCUT2D eigenvalue weighted by atomic mass is 32.1. The molecule has 0 radical (unpaired) electrons. The zero-order valence-electron chi connectivity index (χ0n) is 10.8. The van der Waals surface area contributed by atoms with Gasteiger partial charge in [0, 0.05) is 12.6 Å². The number of piperidine rings is 1. The van der Waals surface area contributed by atoms with Crippen LogP contribution in [0.15, 0.2) is 16.8 Å². The molecule has 0 bridgehead atoms. The molecule has 1 aromatic rings. The van der Waals surface area contributed by atoms with E-state index in [0.717, 1.165) is 6.04 Å². The summed E-state index contributed by atoms with van der Waals surface area (Å²) in [5.41, 5.74) is 1.50. The van der Waals surface area contributed by atoms with Gasteiger partial charge in [-0.25, -0.2) is 0 Å². The standard InChI is InChI=1S/C14H24N2S/c1-2-9-16(14-3-7-15-8-4-14)10-5-13-6-11-17-12-13/h6,11-12,14-15H,2-5,7-10H2,1H3. The first-order valence-corrected chi connectivity index (χ1v) is 7.80. The number of thiophene rings is 1. The lowest BCUT2D eigenvalue weighted by atomic mass is 10.0. The minimum absolute atomic E-state index is 0.815. The molecule has 1 aliphatic rings. The largest absolute Gasteiger partial charge is 0.317 e. The Labute approximate surface area is 109 Å². The first-order valence-electron chi connectivity index (χ1n) is 6.86. The maximum absolute atomic E-state index is 3.46. The molecular weight excluding hydrogens is 228 g/mol. The van der Waals surface area contributed by atoms with Crippen molar-refractivity contribution in [2.45, 2.75) is 38.6 Å². The van der Waals surface area contributed by atoms with Gasteiger partial charge in [-0.15, -0.1) is 0 Å². The molecule has 1 N–H and O–H groups in total. The van der Waals surface area contributed by atoms with E-state index in [0.29, 0.717) is 0 Å². The smallest absolute Gasteiger partial charge is 0.0119 e. The second-order valence-corrected chi connectivity index (χ2v) is 5.68. The van der Waals surface area contributed by atoms with Crippen LogP contribution in [0, 0.1) is 0 Å². The lowest BCUT2D eigenvalue weighted by Crippen LogP contribution is -2.44. The normalized spacial score (nSPS) is 17.8. The number of hydrogen-bond donors (Lipinski definition) is 1. The number of rotatable bonds is 6. The van der Waals surface area contributed by atoms with Gasteiger partial charge in [-0.05, 0) is 67.7 Å². The van der Waals surface area contributed by atoms with Crippen molar-refractivity contribution in [2.75, 3.05) is 26.2 Å². The third kappa shape index (κ3) is 4.09. The minimum atomic E-state index is 0.815. The summed E-state index contributed by atoms with van der Waals surface area (Å²) in [5.74, 6) is 0. The van der Waals surface area contributed by atoms with Crippen LogP contribution in [-0.4, -0.2) is 37.1 Å². The average molecular weight is 252 g/mol. The maximum Gasteiger partial charge on any atom is 0.0119 e. The Balaban J connectivity index is 1.82. The fourth-order valence-electron chi connectivity index (χ4n) is 2.64. The molecule has 1 aliphatic heterocycles. The van der Waals surface area contributed by atoms with Gasteiger partial charge in [0.2, 0.25) is 0 Å². The molecule has 1 aromatic heterocycles. The van der Waals surface area contributed by atoms with Crippen LogP contribution >= 0.6 is 11.3 Å². The Kier molecular flexibility index (Phi) is 5.49. The van der Waals surface area contributed by atoms with Crippen LogP contribution in [-0.2, 0) is 6.42 Å². The summed E-state index contributed by atoms with van der Waals surface area (Å²) >= 11 is 1.81. The van der Waals surface area contributed by atoms with Gasteiger partial charge in [0.1, 0.15) is 0 Å². The van der Waals surface area contributed by atoms with Gasteiger partial charge in [-0.2, -0.15) is 11.3 Å². The third-order valence-electron chi connectivity index (χ3n) is 3.60. The van der Waals surface area contributed by atoms with Crippen molar-refractivity contribution in [3.63, 3.8) is 0 Å². The van der Waals surface area contributed by atoms with Crippen molar-refractivity contribution < 1.29 is 0 Å². The molecule has 2 heterocycles. The van der Waals surface area contributed by atoms with Crippen molar-refractivity contribution in [2.24, 2.45) is 0 Å². The summed E-state index contributed by atoms with van der Waals surface area (Å²) in [6.45, 7) is 7.18. The zero-order chi connectivity index (χ0) is 11.9. The first-order chi connectivity index (χ1) is 8.40. The zero-order valence-corrected chi connectivity index (χ0v) is 11.6. The van der Waals surface area contributed by atoms with Crippen LogP contribution in [0.2, 0.25) is 0 Å². The molecule has 3 heteroatoms. The fraction of sp³-hybridized carbons (Fsp3) is 0.714. The van der Waals surface area contributed by atoms with Gasteiger partial charge in [0.25, 0.3) is 0 Å². The number of nitrogens with zero attached hydrogens (tertiary/aromatic N) is 1. The molecule has 2 rings (SSSR count). The second-order valence-electron chi connectivity index (χ2n) is 4.90. The number of nitrogens with one attached hydrogen (secondary N) is 1. The van der Waals surface area contributed by atoms with E-state index in [1.165, 1.54) is 57.4 Å². The predicted molar refractivity (Wildman–Crippen MR) is 75.8 cm³/mol. The second kappa shape index (κ2) is 7.14. The van der Waals surface area contributed by atoms with E-state index in [-0.39, 0.29) is 0 Å². The third-order valence-corrected chi connectivity index (χ3v) is 4.34. The van der Waals surface area contributed by atoms with Crippen molar-refractivity contribution in [3.8, 4) is 0 Å². The van der Waals surface area contributed by atoms with E-state index < -0.39 is 0 Å². The monoisotopic (exact) mass is 252 g/mol. The molecule has 0 unspecified atom stereocenters. The molecule has 1 fully saturated rings. The van der Waals surface area contributed by atoms with E-state index >= 15 is 0 Å².